The minimum atomic E-state index is -0.458. The van der Waals surface area contributed by atoms with Crippen molar-refractivity contribution in [3.63, 3.8) is 0 Å². The Balaban J connectivity index is 2.27. The van der Waals surface area contributed by atoms with E-state index >= 15 is 0 Å². The molecule has 20 heavy (non-hydrogen) atoms. The Labute approximate surface area is 131 Å². The van der Waals surface area contributed by atoms with Crippen LogP contribution in [0.25, 0.3) is 0 Å². The molecule has 0 fully saturated rings. The first-order chi connectivity index (χ1) is 9.49. The van der Waals surface area contributed by atoms with Crippen LogP contribution in [0.5, 0.6) is 0 Å². The fraction of sp³-hybridized carbons (Fsp3) is 0.0769. The molecule has 104 valence electrons. The molecule has 0 spiro atoms. The molecule has 0 aromatic heterocycles. The second kappa shape index (κ2) is 6.32. The summed E-state index contributed by atoms with van der Waals surface area (Å²) in [6.45, 7) is 0.148. The van der Waals surface area contributed by atoms with Gasteiger partial charge in [-0.1, -0.05) is 22.0 Å². The summed E-state index contributed by atoms with van der Waals surface area (Å²) in [6.07, 6.45) is 0. The summed E-state index contributed by atoms with van der Waals surface area (Å²) >= 11 is 6.50. The van der Waals surface area contributed by atoms with Crippen molar-refractivity contribution in [2.75, 3.05) is 5.32 Å². The number of rotatable bonds is 4. The summed E-state index contributed by atoms with van der Waals surface area (Å²) in [5, 5.41) is 13.8. The molecule has 0 radical (unpaired) electrons. The van der Waals surface area contributed by atoms with Crippen molar-refractivity contribution in [3.8, 4) is 0 Å². The molecule has 0 aliphatic carbocycles. The van der Waals surface area contributed by atoms with Crippen molar-refractivity contribution in [2.24, 2.45) is 0 Å². The van der Waals surface area contributed by atoms with Gasteiger partial charge in [-0.2, -0.15) is 0 Å². The van der Waals surface area contributed by atoms with Gasteiger partial charge < -0.3 is 5.32 Å². The predicted octanol–water partition coefficient (Wildman–Crippen LogP) is 4.87. The lowest BCUT2D eigenvalue weighted by Gasteiger charge is -2.10. The van der Waals surface area contributed by atoms with Gasteiger partial charge in [-0.25, -0.2) is 4.39 Å². The number of para-hydroxylation sites is 1. The van der Waals surface area contributed by atoms with Crippen LogP contribution in [0.2, 0.25) is 0 Å². The lowest BCUT2D eigenvalue weighted by molar-refractivity contribution is -0.385. The van der Waals surface area contributed by atoms with Crippen LogP contribution in [0, 0.1) is 15.9 Å². The van der Waals surface area contributed by atoms with Gasteiger partial charge in [-0.05, 0) is 40.2 Å². The van der Waals surface area contributed by atoms with Gasteiger partial charge in [0, 0.05) is 27.1 Å². The minimum absolute atomic E-state index is 0.00633. The number of nitro benzene ring substituents is 1. The van der Waals surface area contributed by atoms with E-state index in [2.05, 4.69) is 37.2 Å². The second-order valence-corrected chi connectivity index (χ2v) is 5.75. The average Bonchev–Trinajstić information content (AvgIpc) is 2.37. The fourth-order valence-corrected chi connectivity index (χ4v) is 2.61. The van der Waals surface area contributed by atoms with E-state index in [0.29, 0.717) is 10.0 Å². The van der Waals surface area contributed by atoms with E-state index in [1.807, 2.05) is 0 Å². The van der Waals surface area contributed by atoms with Crippen LogP contribution in [-0.4, -0.2) is 4.92 Å². The van der Waals surface area contributed by atoms with E-state index in [9.17, 15) is 14.5 Å². The van der Waals surface area contributed by atoms with Crippen LogP contribution in [0.4, 0.5) is 15.8 Å². The molecule has 0 bridgehead atoms. The largest absolute Gasteiger partial charge is 0.377 e. The van der Waals surface area contributed by atoms with Gasteiger partial charge in [-0.15, -0.1) is 0 Å². The molecule has 0 saturated carbocycles. The Morgan fingerprint density at radius 3 is 2.65 bits per heavy atom. The number of nitrogens with zero attached hydrogens (tertiary/aromatic N) is 1. The zero-order valence-corrected chi connectivity index (χ0v) is 13.2. The molecular weight excluding hydrogens is 395 g/mol. The van der Waals surface area contributed by atoms with Crippen LogP contribution in [-0.2, 0) is 6.54 Å². The summed E-state index contributed by atoms with van der Waals surface area (Å²) < 4.78 is 15.0. The van der Waals surface area contributed by atoms with Crippen LogP contribution < -0.4 is 5.32 Å². The Bertz CT molecular complexity index is 645. The topological polar surface area (TPSA) is 55.2 Å². The lowest BCUT2D eigenvalue weighted by atomic mass is 10.1. The van der Waals surface area contributed by atoms with Crippen LogP contribution >= 0.6 is 31.9 Å². The number of benzene rings is 2. The smallest absolute Gasteiger partial charge is 0.274 e. The second-order valence-electron chi connectivity index (χ2n) is 3.98. The van der Waals surface area contributed by atoms with Crippen LogP contribution in [0.15, 0.2) is 45.3 Å². The Morgan fingerprint density at radius 1 is 1.25 bits per heavy atom. The summed E-state index contributed by atoms with van der Waals surface area (Å²) in [7, 11) is 0. The van der Waals surface area contributed by atoms with Gasteiger partial charge in [0.2, 0.25) is 0 Å². The summed E-state index contributed by atoms with van der Waals surface area (Å²) in [6, 6.07) is 9.24. The molecular formula is C13H9Br2FN2O2. The molecule has 2 aromatic rings. The van der Waals surface area contributed by atoms with E-state index < -0.39 is 10.7 Å². The van der Waals surface area contributed by atoms with E-state index in [0.717, 1.165) is 4.47 Å². The monoisotopic (exact) mass is 402 g/mol. The van der Waals surface area contributed by atoms with Crippen molar-refractivity contribution in [1.82, 2.24) is 0 Å². The van der Waals surface area contributed by atoms with E-state index in [1.165, 1.54) is 12.1 Å². The van der Waals surface area contributed by atoms with Crippen molar-refractivity contribution in [2.45, 2.75) is 6.54 Å². The molecule has 0 aliphatic rings. The maximum atomic E-state index is 13.7. The summed E-state index contributed by atoms with van der Waals surface area (Å²) in [5.41, 5.74) is 0.745. The summed E-state index contributed by atoms with van der Waals surface area (Å²) in [4.78, 5) is 10.5. The highest BCUT2D eigenvalue weighted by atomic mass is 79.9. The van der Waals surface area contributed by atoms with Gasteiger partial charge in [0.15, 0.2) is 0 Å². The molecule has 0 heterocycles. The number of hydrogen-bond donors (Lipinski definition) is 1. The Kier molecular flexibility index (Phi) is 4.72. The normalized spacial score (nSPS) is 10.3. The molecule has 0 aliphatic heterocycles. The zero-order valence-electron chi connectivity index (χ0n) is 10.1. The van der Waals surface area contributed by atoms with E-state index in [1.54, 1.807) is 24.3 Å². The van der Waals surface area contributed by atoms with E-state index in [-0.39, 0.29) is 17.9 Å². The zero-order chi connectivity index (χ0) is 14.7. The molecule has 2 rings (SSSR count). The van der Waals surface area contributed by atoms with Crippen molar-refractivity contribution < 1.29 is 9.31 Å². The first kappa shape index (κ1) is 14.9. The standard InChI is InChI=1S/C13H9Br2FN2O2/c14-9-4-5-12(18(19)20)8(6-9)7-17-13-10(15)2-1-3-11(13)16/h1-6,17H,7H2. The van der Waals surface area contributed by atoms with Crippen molar-refractivity contribution >= 4 is 43.2 Å². The fourth-order valence-electron chi connectivity index (χ4n) is 1.72. The Morgan fingerprint density at radius 2 is 2.00 bits per heavy atom. The molecule has 0 unspecified atom stereocenters. The number of nitro groups is 1. The quantitative estimate of drug-likeness (QED) is 0.585. The maximum Gasteiger partial charge on any atom is 0.274 e. The minimum Gasteiger partial charge on any atom is -0.377 e. The van der Waals surface area contributed by atoms with Crippen LogP contribution in [0.1, 0.15) is 5.56 Å². The number of nitrogens with one attached hydrogen (secondary N) is 1. The number of anilines is 1. The third kappa shape index (κ3) is 3.34. The molecule has 0 atom stereocenters. The van der Waals surface area contributed by atoms with E-state index in [4.69, 9.17) is 0 Å². The molecule has 1 N–H and O–H groups in total. The highest BCUT2D eigenvalue weighted by Crippen LogP contribution is 2.28. The lowest BCUT2D eigenvalue weighted by Crippen LogP contribution is -2.05. The predicted molar refractivity (Wildman–Crippen MR) is 82.2 cm³/mol. The first-order valence-corrected chi connectivity index (χ1v) is 7.18. The highest BCUT2D eigenvalue weighted by Gasteiger charge is 2.14. The molecule has 4 nitrogen and oxygen atoms in total. The maximum absolute atomic E-state index is 13.7. The molecule has 2 aromatic carbocycles. The van der Waals surface area contributed by atoms with Gasteiger partial charge in [0.05, 0.1) is 10.6 Å². The van der Waals surface area contributed by atoms with Crippen molar-refractivity contribution in [1.29, 1.82) is 0 Å². The average molecular weight is 404 g/mol. The number of halogens is 3. The third-order valence-corrected chi connectivity index (χ3v) is 3.81. The van der Waals surface area contributed by atoms with Gasteiger partial charge in [-0.3, -0.25) is 10.1 Å². The summed E-state index contributed by atoms with van der Waals surface area (Å²) in [5.74, 6) is -0.419. The first-order valence-electron chi connectivity index (χ1n) is 5.59. The SMILES string of the molecule is O=[N+]([O-])c1ccc(Br)cc1CNc1c(F)cccc1Br. The highest BCUT2D eigenvalue weighted by molar-refractivity contribution is 9.10. The molecule has 7 heteroatoms. The third-order valence-electron chi connectivity index (χ3n) is 2.66. The Hall–Kier alpha value is -1.47. The van der Waals surface area contributed by atoms with Gasteiger partial charge in [0.25, 0.3) is 5.69 Å². The van der Waals surface area contributed by atoms with Crippen LogP contribution in [0.3, 0.4) is 0 Å². The van der Waals surface area contributed by atoms with Crippen molar-refractivity contribution in [3.05, 3.63) is 66.8 Å². The van der Waals surface area contributed by atoms with Gasteiger partial charge in [0.1, 0.15) is 5.82 Å². The number of hydrogen-bond acceptors (Lipinski definition) is 3. The van der Waals surface area contributed by atoms with Gasteiger partial charge >= 0.3 is 0 Å². The molecule has 0 amide bonds. The molecule has 0 saturated heterocycles.